The van der Waals surface area contributed by atoms with E-state index in [4.69, 9.17) is 0 Å². The van der Waals surface area contributed by atoms with Crippen molar-refractivity contribution in [3.63, 3.8) is 0 Å². The fourth-order valence-corrected chi connectivity index (χ4v) is 4.02. The zero-order chi connectivity index (χ0) is 19.1. The van der Waals surface area contributed by atoms with Crippen molar-refractivity contribution in [3.05, 3.63) is 45.9 Å². The van der Waals surface area contributed by atoms with Crippen molar-refractivity contribution in [1.82, 2.24) is 14.4 Å². The molecule has 3 aromatic heterocycles. The first-order valence-corrected chi connectivity index (χ1v) is 10.7. The number of imidazole rings is 1. The van der Waals surface area contributed by atoms with Gasteiger partial charge in [0.2, 0.25) is 0 Å². The van der Waals surface area contributed by atoms with Gasteiger partial charge in [0.05, 0.1) is 22.1 Å². The van der Waals surface area contributed by atoms with Crippen molar-refractivity contribution in [2.24, 2.45) is 0 Å². The van der Waals surface area contributed by atoms with Crippen molar-refractivity contribution in [3.8, 4) is 17.5 Å². The molecule has 3 heterocycles. The summed E-state index contributed by atoms with van der Waals surface area (Å²) in [6, 6.07) is 7.59. The van der Waals surface area contributed by atoms with Gasteiger partial charge in [-0.3, -0.25) is 4.98 Å². The standard InChI is InChI=1S/C18H17IN4O2S/c1-4-26(24,25)15-7-12(18(2,3)11-20)9-21-17(15)14-10-23-6-5-13(19)8-16(23)22-14/h5-10H,4H2,1-3H3. The van der Waals surface area contributed by atoms with Gasteiger partial charge in [-0.25, -0.2) is 13.4 Å². The third-order valence-corrected chi connectivity index (χ3v) is 6.65. The zero-order valence-electron chi connectivity index (χ0n) is 14.6. The van der Waals surface area contributed by atoms with E-state index in [-0.39, 0.29) is 10.6 Å². The molecule has 26 heavy (non-hydrogen) atoms. The van der Waals surface area contributed by atoms with Crippen LogP contribution in [-0.2, 0) is 15.3 Å². The van der Waals surface area contributed by atoms with Gasteiger partial charge in [0.15, 0.2) is 9.84 Å². The smallest absolute Gasteiger partial charge is 0.180 e. The van der Waals surface area contributed by atoms with E-state index in [9.17, 15) is 13.7 Å². The Bertz CT molecular complexity index is 1140. The minimum atomic E-state index is -3.54. The van der Waals surface area contributed by atoms with Gasteiger partial charge >= 0.3 is 0 Å². The first-order valence-electron chi connectivity index (χ1n) is 7.97. The summed E-state index contributed by atoms with van der Waals surface area (Å²) >= 11 is 2.20. The summed E-state index contributed by atoms with van der Waals surface area (Å²) in [7, 11) is -3.54. The molecule has 0 bridgehead atoms. The molecule has 0 unspecified atom stereocenters. The van der Waals surface area contributed by atoms with Crippen LogP contribution in [0.1, 0.15) is 26.3 Å². The van der Waals surface area contributed by atoms with E-state index >= 15 is 0 Å². The molecule has 0 fully saturated rings. The molecule has 0 N–H and O–H groups in total. The molecule has 0 saturated carbocycles. The Morgan fingerprint density at radius 3 is 2.73 bits per heavy atom. The highest BCUT2D eigenvalue weighted by molar-refractivity contribution is 14.1. The van der Waals surface area contributed by atoms with Crippen LogP contribution >= 0.6 is 22.6 Å². The number of aromatic nitrogens is 3. The van der Waals surface area contributed by atoms with Gasteiger partial charge in [-0.15, -0.1) is 0 Å². The molecule has 0 atom stereocenters. The second-order valence-electron chi connectivity index (χ2n) is 6.45. The summed E-state index contributed by atoms with van der Waals surface area (Å²) in [6.07, 6.45) is 5.19. The van der Waals surface area contributed by atoms with Gasteiger partial charge in [-0.2, -0.15) is 5.26 Å². The Balaban J connectivity index is 2.27. The minimum absolute atomic E-state index is 0.0522. The molecule has 0 amide bonds. The maximum Gasteiger partial charge on any atom is 0.180 e. The lowest BCUT2D eigenvalue weighted by atomic mass is 9.87. The van der Waals surface area contributed by atoms with E-state index in [1.54, 1.807) is 39.2 Å². The van der Waals surface area contributed by atoms with Crippen LogP contribution in [0.2, 0.25) is 0 Å². The second kappa shape index (κ2) is 6.63. The summed E-state index contributed by atoms with van der Waals surface area (Å²) in [5.41, 5.74) is 1.24. The van der Waals surface area contributed by atoms with Crippen LogP contribution in [-0.4, -0.2) is 28.5 Å². The number of hydrogen-bond acceptors (Lipinski definition) is 5. The Morgan fingerprint density at radius 2 is 2.08 bits per heavy atom. The number of nitriles is 1. The average molecular weight is 480 g/mol. The van der Waals surface area contributed by atoms with Crippen molar-refractivity contribution in [2.45, 2.75) is 31.1 Å². The van der Waals surface area contributed by atoms with Crippen LogP contribution in [0.3, 0.4) is 0 Å². The Labute approximate surface area is 166 Å². The number of pyridine rings is 2. The van der Waals surface area contributed by atoms with Crippen LogP contribution in [0.25, 0.3) is 17.0 Å². The molecular formula is C18H17IN4O2S. The van der Waals surface area contributed by atoms with Crippen molar-refractivity contribution >= 4 is 38.1 Å². The maximum absolute atomic E-state index is 12.7. The molecule has 0 aliphatic carbocycles. The highest BCUT2D eigenvalue weighted by Crippen LogP contribution is 2.31. The number of sulfone groups is 1. The third-order valence-electron chi connectivity index (χ3n) is 4.23. The lowest BCUT2D eigenvalue weighted by Gasteiger charge is -2.17. The second-order valence-corrected chi connectivity index (χ2v) is 9.94. The van der Waals surface area contributed by atoms with Gasteiger partial charge in [0.25, 0.3) is 0 Å². The van der Waals surface area contributed by atoms with Gasteiger partial charge < -0.3 is 4.40 Å². The van der Waals surface area contributed by atoms with Gasteiger partial charge in [0, 0.05) is 22.2 Å². The van der Waals surface area contributed by atoms with E-state index in [0.717, 1.165) is 9.22 Å². The molecular weight excluding hydrogens is 463 g/mol. The Kier molecular flexibility index (Phi) is 4.79. The SMILES string of the molecule is CCS(=O)(=O)c1cc(C(C)(C)C#N)cnc1-c1cn2ccc(I)cc2n1. The molecule has 6 nitrogen and oxygen atoms in total. The minimum Gasteiger partial charge on any atom is -0.306 e. The number of halogens is 1. The van der Waals surface area contributed by atoms with Crippen molar-refractivity contribution < 1.29 is 8.42 Å². The predicted molar refractivity (Wildman–Crippen MR) is 108 cm³/mol. The first kappa shape index (κ1) is 18.8. The summed E-state index contributed by atoms with van der Waals surface area (Å²) < 4.78 is 28.2. The monoisotopic (exact) mass is 480 g/mol. The number of rotatable bonds is 4. The van der Waals surface area contributed by atoms with Crippen LogP contribution in [0, 0.1) is 14.9 Å². The Hall–Kier alpha value is -1.99. The van der Waals surface area contributed by atoms with Crippen LogP contribution in [0.5, 0.6) is 0 Å². The summed E-state index contributed by atoms with van der Waals surface area (Å²) in [6.45, 7) is 5.06. The van der Waals surface area contributed by atoms with E-state index < -0.39 is 15.3 Å². The van der Waals surface area contributed by atoms with E-state index in [1.165, 1.54) is 0 Å². The molecule has 3 rings (SSSR count). The van der Waals surface area contributed by atoms with Crippen LogP contribution in [0.4, 0.5) is 0 Å². The molecule has 0 aromatic carbocycles. The Morgan fingerprint density at radius 1 is 1.35 bits per heavy atom. The van der Waals surface area contributed by atoms with Crippen molar-refractivity contribution in [1.29, 1.82) is 5.26 Å². The molecule has 0 saturated heterocycles. The molecule has 134 valence electrons. The predicted octanol–water partition coefficient (Wildman–Crippen LogP) is 3.60. The van der Waals surface area contributed by atoms with Gasteiger partial charge in [-0.05, 0) is 60.2 Å². The van der Waals surface area contributed by atoms with Gasteiger partial charge in [0.1, 0.15) is 17.0 Å². The molecule has 0 spiro atoms. The van der Waals surface area contributed by atoms with E-state index in [1.807, 2.05) is 22.7 Å². The fraction of sp³-hybridized carbons (Fsp3) is 0.278. The summed E-state index contributed by atoms with van der Waals surface area (Å²) in [4.78, 5) is 9.03. The molecule has 0 aliphatic heterocycles. The largest absolute Gasteiger partial charge is 0.306 e. The topological polar surface area (TPSA) is 88.1 Å². The zero-order valence-corrected chi connectivity index (χ0v) is 17.5. The number of hydrogen-bond donors (Lipinski definition) is 0. The molecule has 8 heteroatoms. The third kappa shape index (κ3) is 3.33. The van der Waals surface area contributed by atoms with E-state index in [0.29, 0.717) is 17.0 Å². The van der Waals surface area contributed by atoms with E-state index in [2.05, 4.69) is 38.6 Å². The summed E-state index contributed by atoms with van der Waals surface area (Å²) in [5.74, 6) is -0.0522. The molecule has 3 aromatic rings. The fourth-order valence-electron chi connectivity index (χ4n) is 2.51. The summed E-state index contributed by atoms with van der Waals surface area (Å²) in [5, 5.41) is 9.36. The number of nitrogens with zero attached hydrogens (tertiary/aromatic N) is 4. The van der Waals surface area contributed by atoms with Crippen LogP contribution < -0.4 is 0 Å². The first-order chi connectivity index (χ1) is 12.2. The normalized spacial score (nSPS) is 12.3. The molecule has 0 radical (unpaired) electrons. The quantitative estimate of drug-likeness (QED) is 0.533. The molecule has 0 aliphatic rings. The maximum atomic E-state index is 12.7. The van der Waals surface area contributed by atoms with Crippen LogP contribution in [0.15, 0.2) is 41.7 Å². The lowest BCUT2D eigenvalue weighted by molar-refractivity contribution is 0.596. The van der Waals surface area contributed by atoms with Gasteiger partial charge in [-0.1, -0.05) is 6.92 Å². The van der Waals surface area contributed by atoms with Crippen molar-refractivity contribution in [2.75, 3.05) is 5.75 Å². The lowest BCUT2D eigenvalue weighted by Crippen LogP contribution is -2.16. The average Bonchev–Trinajstić information content (AvgIpc) is 3.04. The highest BCUT2D eigenvalue weighted by Gasteiger charge is 2.27. The highest BCUT2D eigenvalue weighted by atomic mass is 127. The number of fused-ring (bicyclic) bond motifs is 1.